The van der Waals surface area contributed by atoms with E-state index in [1.807, 2.05) is 7.05 Å². The molecule has 1 saturated carbocycles. The summed E-state index contributed by atoms with van der Waals surface area (Å²) in [6.07, 6.45) is 3.52. The fraction of sp³-hybridized carbons (Fsp3) is 1.00. The molecule has 1 fully saturated rings. The third-order valence-electron chi connectivity index (χ3n) is 2.98. The predicted octanol–water partition coefficient (Wildman–Crippen LogP) is 1.15. The van der Waals surface area contributed by atoms with Crippen LogP contribution in [0.5, 0.6) is 0 Å². The Hall–Kier alpha value is -0.0800. The summed E-state index contributed by atoms with van der Waals surface area (Å²) in [7, 11) is 1.90. The lowest BCUT2D eigenvalue weighted by Crippen LogP contribution is -2.52. The molecule has 2 heteroatoms. The van der Waals surface area contributed by atoms with Crippen LogP contribution in [0.25, 0.3) is 0 Å². The monoisotopic (exact) mass is 157 g/mol. The Morgan fingerprint density at radius 1 is 1.45 bits per heavy atom. The van der Waals surface area contributed by atoms with Gasteiger partial charge in [0.1, 0.15) is 0 Å². The van der Waals surface area contributed by atoms with E-state index in [1.165, 1.54) is 19.3 Å². The summed E-state index contributed by atoms with van der Waals surface area (Å²) in [6.45, 7) is 4.10. The molecule has 0 amide bonds. The molecule has 0 aliphatic heterocycles. The molecule has 11 heavy (non-hydrogen) atoms. The van der Waals surface area contributed by atoms with Gasteiger partial charge in [0.15, 0.2) is 0 Å². The minimum Gasteiger partial charge on any atom is -0.391 e. The fourth-order valence-corrected chi connectivity index (χ4v) is 1.49. The van der Waals surface area contributed by atoms with Crippen molar-refractivity contribution in [1.82, 2.24) is 5.32 Å². The minimum absolute atomic E-state index is 0.120. The van der Waals surface area contributed by atoms with Crippen LogP contribution in [0.3, 0.4) is 0 Å². The molecule has 2 N–H and O–H groups in total. The first-order valence-electron chi connectivity index (χ1n) is 4.45. The van der Waals surface area contributed by atoms with E-state index in [9.17, 15) is 5.11 Å². The number of nitrogens with one attached hydrogen (secondary N) is 1. The van der Waals surface area contributed by atoms with Crippen molar-refractivity contribution in [3.05, 3.63) is 0 Å². The maximum absolute atomic E-state index is 9.83. The molecular weight excluding hydrogens is 138 g/mol. The van der Waals surface area contributed by atoms with Gasteiger partial charge >= 0.3 is 0 Å². The van der Waals surface area contributed by atoms with Gasteiger partial charge in [0, 0.05) is 5.54 Å². The first-order valence-corrected chi connectivity index (χ1v) is 4.45. The molecule has 0 saturated heterocycles. The van der Waals surface area contributed by atoms with Crippen molar-refractivity contribution < 1.29 is 5.11 Å². The Kier molecular flexibility index (Phi) is 2.55. The highest BCUT2D eigenvalue weighted by Gasteiger charge is 2.35. The Morgan fingerprint density at radius 2 is 2.00 bits per heavy atom. The Labute approximate surface area is 69.0 Å². The average molecular weight is 157 g/mol. The summed E-state index contributed by atoms with van der Waals surface area (Å²) in [5, 5.41) is 13.0. The van der Waals surface area contributed by atoms with Gasteiger partial charge < -0.3 is 10.4 Å². The number of likely N-dealkylation sites (N-methyl/N-ethyl adjacent to an activating group) is 1. The average Bonchev–Trinajstić information content (AvgIpc) is 1.84. The van der Waals surface area contributed by atoms with Crippen molar-refractivity contribution in [3.63, 3.8) is 0 Å². The molecule has 0 aromatic heterocycles. The molecule has 66 valence electrons. The summed E-state index contributed by atoms with van der Waals surface area (Å²) in [4.78, 5) is 0. The minimum atomic E-state index is -0.179. The van der Waals surface area contributed by atoms with Crippen LogP contribution in [0, 0.1) is 5.92 Å². The molecule has 1 unspecified atom stereocenters. The molecule has 0 aromatic carbocycles. The van der Waals surface area contributed by atoms with Crippen LogP contribution in [0.4, 0.5) is 0 Å². The van der Waals surface area contributed by atoms with Gasteiger partial charge in [0.25, 0.3) is 0 Å². The molecule has 0 spiro atoms. The molecule has 0 radical (unpaired) electrons. The van der Waals surface area contributed by atoms with E-state index >= 15 is 0 Å². The maximum Gasteiger partial charge on any atom is 0.0744 e. The van der Waals surface area contributed by atoms with Crippen LogP contribution in [0.2, 0.25) is 0 Å². The molecule has 1 aliphatic rings. The van der Waals surface area contributed by atoms with Crippen LogP contribution in [-0.4, -0.2) is 23.8 Å². The number of aliphatic hydroxyl groups excluding tert-OH is 1. The highest BCUT2D eigenvalue weighted by Crippen LogP contribution is 2.33. The van der Waals surface area contributed by atoms with Crippen molar-refractivity contribution >= 4 is 0 Å². The van der Waals surface area contributed by atoms with Gasteiger partial charge in [-0.15, -0.1) is 0 Å². The topological polar surface area (TPSA) is 32.3 Å². The number of hydrogen-bond acceptors (Lipinski definition) is 2. The summed E-state index contributed by atoms with van der Waals surface area (Å²) in [5.41, 5.74) is -0.120. The standard InChI is InChI=1S/C9H19NO/c1-9(2,10-3)8(11)7-5-4-6-7/h7-8,10-11H,4-6H2,1-3H3. The zero-order valence-corrected chi connectivity index (χ0v) is 7.72. The van der Waals surface area contributed by atoms with Crippen LogP contribution in [-0.2, 0) is 0 Å². The van der Waals surface area contributed by atoms with Crippen LogP contribution in [0.15, 0.2) is 0 Å². The van der Waals surface area contributed by atoms with Crippen molar-refractivity contribution in [2.75, 3.05) is 7.05 Å². The van der Waals surface area contributed by atoms with Crippen molar-refractivity contribution in [2.24, 2.45) is 5.92 Å². The first-order chi connectivity index (χ1) is 5.08. The molecular formula is C9H19NO. The number of rotatable bonds is 3. The van der Waals surface area contributed by atoms with Gasteiger partial charge in [0.2, 0.25) is 0 Å². The van der Waals surface area contributed by atoms with Crippen LogP contribution >= 0.6 is 0 Å². The molecule has 1 aliphatic carbocycles. The third kappa shape index (κ3) is 1.74. The van der Waals surface area contributed by atoms with E-state index in [0.29, 0.717) is 5.92 Å². The first kappa shape index (κ1) is 9.01. The zero-order valence-electron chi connectivity index (χ0n) is 7.72. The predicted molar refractivity (Wildman–Crippen MR) is 46.5 cm³/mol. The fourth-order valence-electron chi connectivity index (χ4n) is 1.49. The summed E-state index contributed by atoms with van der Waals surface area (Å²) >= 11 is 0. The summed E-state index contributed by atoms with van der Waals surface area (Å²) in [5.74, 6) is 0.539. The van der Waals surface area contributed by atoms with Crippen LogP contribution < -0.4 is 5.32 Å². The Balaban J connectivity index is 2.44. The second-order valence-electron chi connectivity index (χ2n) is 4.11. The molecule has 0 heterocycles. The highest BCUT2D eigenvalue weighted by atomic mass is 16.3. The second kappa shape index (κ2) is 3.11. The van der Waals surface area contributed by atoms with E-state index in [0.717, 1.165) is 0 Å². The van der Waals surface area contributed by atoms with Gasteiger partial charge in [-0.25, -0.2) is 0 Å². The molecule has 1 rings (SSSR count). The normalized spacial score (nSPS) is 22.9. The van der Waals surface area contributed by atoms with E-state index in [-0.39, 0.29) is 11.6 Å². The maximum atomic E-state index is 9.83. The molecule has 2 nitrogen and oxygen atoms in total. The SMILES string of the molecule is CNC(C)(C)C(O)C1CCC1. The van der Waals surface area contributed by atoms with Gasteiger partial charge in [-0.05, 0) is 39.7 Å². The molecule has 0 aromatic rings. The van der Waals surface area contributed by atoms with Gasteiger partial charge in [-0.1, -0.05) is 6.42 Å². The number of aliphatic hydroxyl groups is 1. The second-order valence-corrected chi connectivity index (χ2v) is 4.11. The zero-order chi connectivity index (χ0) is 8.48. The largest absolute Gasteiger partial charge is 0.391 e. The number of hydrogen-bond donors (Lipinski definition) is 2. The lowest BCUT2D eigenvalue weighted by atomic mass is 9.75. The molecule has 1 atom stereocenters. The quantitative estimate of drug-likeness (QED) is 0.644. The van der Waals surface area contributed by atoms with Gasteiger partial charge in [0.05, 0.1) is 6.10 Å². The summed E-state index contributed by atoms with van der Waals surface area (Å²) in [6, 6.07) is 0. The lowest BCUT2D eigenvalue weighted by Gasteiger charge is -2.40. The smallest absolute Gasteiger partial charge is 0.0744 e. The van der Waals surface area contributed by atoms with E-state index in [2.05, 4.69) is 19.2 Å². The summed E-state index contributed by atoms with van der Waals surface area (Å²) < 4.78 is 0. The Morgan fingerprint density at radius 3 is 2.27 bits per heavy atom. The van der Waals surface area contributed by atoms with Crippen molar-refractivity contribution in [2.45, 2.75) is 44.8 Å². The lowest BCUT2D eigenvalue weighted by molar-refractivity contribution is 0.000611. The van der Waals surface area contributed by atoms with Gasteiger partial charge in [-0.2, -0.15) is 0 Å². The van der Waals surface area contributed by atoms with E-state index in [1.54, 1.807) is 0 Å². The Bertz CT molecular complexity index is 130. The van der Waals surface area contributed by atoms with Gasteiger partial charge in [-0.3, -0.25) is 0 Å². The van der Waals surface area contributed by atoms with Crippen molar-refractivity contribution in [3.8, 4) is 0 Å². The molecule has 0 bridgehead atoms. The van der Waals surface area contributed by atoms with Crippen molar-refractivity contribution in [1.29, 1.82) is 0 Å². The van der Waals surface area contributed by atoms with E-state index in [4.69, 9.17) is 0 Å². The third-order valence-corrected chi connectivity index (χ3v) is 2.98. The van der Waals surface area contributed by atoms with E-state index < -0.39 is 0 Å². The van der Waals surface area contributed by atoms with Crippen LogP contribution in [0.1, 0.15) is 33.1 Å². The highest BCUT2D eigenvalue weighted by molar-refractivity contribution is 4.91.